The zero-order chi connectivity index (χ0) is 10.9. The van der Waals surface area contributed by atoms with Gasteiger partial charge in [0, 0.05) is 20.6 Å². The average Bonchev–Trinajstić information content (AvgIpc) is 2.87. The lowest BCUT2D eigenvalue weighted by molar-refractivity contribution is 0.285. The van der Waals surface area contributed by atoms with Gasteiger partial charge in [-0.05, 0) is 24.5 Å². The molecule has 15 heavy (non-hydrogen) atoms. The molecule has 1 saturated heterocycles. The van der Waals surface area contributed by atoms with E-state index in [1.54, 1.807) is 0 Å². The summed E-state index contributed by atoms with van der Waals surface area (Å²) in [6.45, 7) is 4.15. The Kier molecular flexibility index (Phi) is 2.65. The zero-order valence-electron chi connectivity index (χ0n) is 9.58. The molecule has 1 atom stereocenters. The first-order valence-electron chi connectivity index (χ1n) is 5.40. The highest BCUT2D eigenvalue weighted by atomic mass is 16.5. The van der Waals surface area contributed by atoms with Crippen molar-refractivity contribution in [2.24, 2.45) is 0 Å². The van der Waals surface area contributed by atoms with Crippen LogP contribution in [-0.4, -0.2) is 37.3 Å². The molecule has 84 valence electrons. The molecule has 1 aliphatic rings. The van der Waals surface area contributed by atoms with Crippen molar-refractivity contribution in [3.63, 3.8) is 0 Å². The topological polar surface area (TPSA) is 54.2 Å². The fourth-order valence-corrected chi connectivity index (χ4v) is 1.99. The Morgan fingerprint density at radius 3 is 2.80 bits per heavy atom. The van der Waals surface area contributed by atoms with Crippen molar-refractivity contribution in [3.05, 3.63) is 5.89 Å². The normalized spacial score (nSPS) is 25.8. The van der Waals surface area contributed by atoms with E-state index in [9.17, 15) is 0 Å². The summed E-state index contributed by atoms with van der Waals surface area (Å²) < 4.78 is 5.36. The van der Waals surface area contributed by atoms with Crippen LogP contribution in [0.4, 0.5) is 5.95 Å². The van der Waals surface area contributed by atoms with E-state index in [2.05, 4.69) is 22.4 Å². The Morgan fingerprint density at radius 1 is 1.53 bits per heavy atom. The van der Waals surface area contributed by atoms with Crippen LogP contribution in [0, 0.1) is 0 Å². The number of hydrogen-bond acceptors (Lipinski definition) is 5. The number of nitrogens with zero attached hydrogens (tertiary/aromatic N) is 3. The van der Waals surface area contributed by atoms with Gasteiger partial charge in [-0.15, -0.1) is 0 Å². The molecule has 1 fully saturated rings. The summed E-state index contributed by atoms with van der Waals surface area (Å²) in [7, 11) is 3.83. The number of anilines is 1. The van der Waals surface area contributed by atoms with Crippen molar-refractivity contribution in [1.82, 2.24) is 15.5 Å². The lowest BCUT2D eigenvalue weighted by atomic mass is 9.84. The van der Waals surface area contributed by atoms with E-state index in [1.165, 1.54) is 0 Å². The third-order valence-corrected chi connectivity index (χ3v) is 3.19. The second-order valence-corrected chi connectivity index (χ2v) is 4.35. The first-order valence-corrected chi connectivity index (χ1v) is 5.40. The highest BCUT2D eigenvalue weighted by Gasteiger charge is 2.39. The van der Waals surface area contributed by atoms with Gasteiger partial charge in [-0.2, -0.15) is 4.98 Å². The maximum atomic E-state index is 5.36. The molecule has 2 rings (SSSR count). The lowest BCUT2D eigenvalue weighted by Gasteiger charge is -2.20. The summed E-state index contributed by atoms with van der Waals surface area (Å²) in [5.74, 6) is 1.43. The minimum Gasteiger partial charge on any atom is -0.344 e. The van der Waals surface area contributed by atoms with Gasteiger partial charge in [0.1, 0.15) is 0 Å². The van der Waals surface area contributed by atoms with Crippen molar-refractivity contribution in [3.8, 4) is 0 Å². The molecule has 0 aliphatic carbocycles. The third kappa shape index (κ3) is 1.71. The molecule has 0 bridgehead atoms. The van der Waals surface area contributed by atoms with E-state index >= 15 is 0 Å². The molecule has 0 radical (unpaired) electrons. The van der Waals surface area contributed by atoms with E-state index in [4.69, 9.17) is 4.52 Å². The molecular formula is C10H18N4O. The maximum Gasteiger partial charge on any atom is 0.265 e. The molecule has 2 heterocycles. The van der Waals surface area contributed by atoms with E-state index in [0.717, 1.165) is 31.8 Å². The number of aromatic nitrogens is 2. The standard InChI is InChI=1S/C10H18N4O/c1-4-10(5-6-11-7-10)8-12-9(13-15-8)14(2)3/h11H,4-7H2,1-3H3. The molecular weight excluding hydrogens is 192 g/mol. The predicted molar refractivity (Wildman–Crippen MR) is 58.1 cm³/mol. The average molecular weight is 210 g/mol. The first kappa shape index (κ1) is 10.4. The van der Waals surface area contributed by atoms with Crippen molar-refractivity contribution in [2.75, 3.05) is 32.1 Å². The van der Waals surface area contributed by atoms with Crippen LogP contribution in [0.1, 0.15) is 25.7 Å². The van der Waals surface area contributed by atoms with E-state index in [1.807, 2.05) is 19.0 Å². The Hall–Kier alpha value is -1.10. The largest absolute Gasteiger partial charge is 0.344 e. The zero-order valence-corrected chi connectivity index (χ0v) is 9.58. The summed E-state index contributed by atoms with van der Waals surface area (Å²) in [5, 5.41) is 7.32. The van der Waals surface area contributed by atoms with Crippen LogP contribution in [0.3, 0.4) is 0 Å². The molecule has 0 amide bonds. The molecule has 1 unspecified atom stereocenters. The van der Waals surface area contributed by atoms with Crippen LogP contribution in [0.5, 0.6) is 0 Å². The summed E-state index contributed by atoms with van der Waals surface area (Å²) in [6.07, 6.45) is 2.12. The molecule has 0 spiro atoms. The summed E-state index contributed by atoms with van der Waals surface area (Å²) in [6, 6.07) is 0. The molecule has 5 nitrogen and oxygen atoms in total. The quantitative estimate of drug-likeness (QED) is 0.799. The van der Waals surface area contributed by atoms with Gasteiger partial charge in [-0.3, -0.25) is 0 Å². The molecule has 1 N–H and O–H groups in total. The van der Waals surface area contributed by atoms with Gasteiger partial charge in [0.05, 0.1) is 5.41 Å². The van der Waals surface area contributed by atoms with Gasteiger partial charge in [-0.1, -0.05) is 6.92 Å². The smallest absolute Gasteiger partial charge is 0.265 e. The Labute approximate surface area is 89.8 Å². The SMILES string of the molecule is CCC1(c2nc(N(C)C)no2)CCNC1. The van der Waals surface area contributed by atoms with Gasteiger partial charge in [0.25, 0.3) is 5.95 Å². The monoisotopic (exact) mass is 210 g/mol. The second kappa shape index (κ2) is 3.81. The number of rotatable bonds is 3. The van der Waals surface area contributed by atoms with Gasteiger partial charge in [0.15, 0.2) is 0 Å². The summed E-state index contributed by atoms with van der Waals surface area (Å²) >= 11 is 0. The highest BCUT2D eigenvalue weighted by molar-refractivity contribution is 5.26. The number of hydrogen-bond donors (Lipinski definition) is 1. The molecule has 1 aromatic rings. The summed E-state index contributed by atoms with van der Waals surface area (Å²) in [4.78, 5) is 6.30. The Bertz CT molecular complexity index is 328. The van der Waals surface area contributed by atoms with Crippen LogP contribution in [0.2, 0.25) is 0 Å². The van der Waals surface area contributed by atoms with E-state index in [0.29, 0.717) is 5.95 Å². The van der Waals surface area contributed by atoms with Gasteiger partial charge >= 0.3 is 0 Å². The molecule has 1 aliphatic heterocycles. The van der Waals surface area contributed by atoms with E-state index in [-0.39, 0.29) is 5.41 Å². The number of nitrogens with one attached hydrogen (secondary N) is 1. The fraction of sp³-hybridized carbons (Fsp3) is 0.800. The minimum atomic E-state index is 0.0568. The predicted octanol–water partition coefficient (Wildman–Crippen LogP) is 0.777. The van der Waals surface area contributed by atoms with Crippen LogP contribution in [0.15, 0.2) is 4.52 Å². The van der Waals surface area contributed by atoms with Gasteiger partial charge < -0.3 is 14.7 Å². The van der Waals surface area contributed by atoms with Crippen LogP contribution < -0.4 is 10.2 Å². The first-order chi connectivity index (χ1) is 7.18. The molecule has 1 aromatic heterocycles. The fourth-order valence-electron chi connectivity index (χ4n) is 1.99. The van der Waals surface area contributed by atoms with Gasteiger partial charge in [-0.25, -0.2) is 0 Å². The third-order valence-electron chi connectivity index (χ3n) is 3.19. The minimum absolute atomic E-state index is 0.0568. The van der Waals surface area contributed by atoms with Gasteiger partial charge in [0.2, 0.25) is 5.89 Å². The maximum absolute atomic E-state index is 5.36. The Balaban J connectivity index is 2.27. The molecule has 0 aromatic carbocycles. The van der Waals surface area contributed by atoms with Crippen molar-refractivity contribution >= 4 is 5.95 Å². The van der Waals surface area contributed by atoms with Crippen LogP contribution in [-0.2, 0) is 5.41 Å². The Morgan fingerprint density at radius 2 is 2.33 bits per heavy atom. The molecule has 5 heteroatoms. The van der Waals surface area contributed by atoms with Crippen molar-refractivity contribution in [2.45, 2.75) is 25.2 Å². The van der Waals surface area contributed by atoms with Crippen molar-refractivity contribution < 1.29 is 4.52 Å². The second-order valence-electron chi connectivity index (χ2n) is 4.35. The van der Waals surface area contributed by atoms with Crippen molar-refractivity contribution in [1.29, 1.82) is 0 Å². The molecule has 0 saturated carbocycles. The van der Waals surface area contributed by atoms with Crippen LogP contribution in [0.25, 0.3) is 0 Å². The van der Waals surface area contributed by atoms with Crippen LogP contribution >= 0.6 is 0 Å². The summed E-state index contributed by atoms with van der Waals surface area (Å²) in [5.41, 5.74) is 0.0568. The highest BCUT2D eigenvalue weighted by Crippen LogP contribution is 2.33. The lowest BCUT2D eigenvalue weighted by Crippen LogP contribution is -2.28. The van der Waals surface area contributed by atoms with E-state index < -0.39 is 0 Å².